The lowest BCUT2D eigenvalue weighted by molar-refractivity contribution is 0.0640. The molecule has 2 aliphatic rings. The van der Waals surface area contributed by atoms with Gasteiger partial charge < -0.3 is 10.2 Å². The summed E-state index contributed by atoms with van der Waals surface area (Å²) in [5.74, 6) is 2.50. The van der Waals surface area contributed by atoms with E-state index < -0.39 is 0 Å². The zero-order chi connectivity index (χ0) is 24.4. The van der Waals surface area contributed by atoms with Gasteiger partial charge in [-0.1, -0.05) is 75.2 Å². The van der Waals surface area contributed by atoms with Gasteiger partial charge in [0.05, 0.1) is 0 Å². The summed E-state index contributed by atoms with van der Waals surface area (Å²) in [4.78, 5) is 14.2. The van der Waals surface area contributed by atoms with E-state index >= 15 is 0 Å². The fraction of sp³-hybridized carbons (Fsp3) is 0.679. The van der Waals surface area contributed by atoms with Crippen molar-refractivity contribution >= 4 is 16.9 Å². The SMILES string of the molecule is CC.CC.CC1CC2c3oc4ccc(C(N)=O)cc4c3CCN(C1)C2C(C)C.CCCC. The summed E-state index contributed by atoms with van der Waals surface area (Å²) >= 11 is 0. The molecule has 1 fully saturated rings. The molecule has 1 amide bonds. The van der Waals surface area contributed by atoms with Gasteiger partial charge >= 0.3 is 0 Å². The summed E-state index contributed by atoms with van der Waals surface area (Å²) in [6.07, 6.45) is 4.80. The third kappa shape index (κ3) is 6.37. The predicted octanol–water partition coefficient (Wildman–Crippen LogP) is 7.40. The standard InChI is InChI=1S/C20H26N2O2.C4H10.2C2H6/c1-11(2)18-16-8-12(3)10-22(18)7-6-14-15-9-13(20(21)23)4-5-17(15)24-19(14)16;1-3-4-2;2*1-2/h4-5,9,11-12,16,18H,6-8,10H2,1-3H3,(H2,21,23);3-4H2,1-2H3;2*1-2H3. The van der Waals surface area contributed by atoms with E-state index in [1.165, 1.54) is 31.4 Å². The number of carbonyl (C=O) groups is 1. The molecule has 4 atom stereocenters. The number of hydrogen-bond acceptors (Lipinski definition) is 3. The Hall–Kier alpha value is -1.81. The largest absolute Gasteiger partial charge is 0.460 e. The zero-order valence-electron chi connectivity index (χ0n) is 22.1. The van der Waals surface area contributed by atoms with Crippen molar-refractivity contribution in [2.24, 2.45) is 17.6 Å². The quantitative estimate of drug-likeness (QED) is 0.536. The van der Waals surface area contributed by atoms with Crippen molar-refractivity contribution in [3.05, 3.63) is 35.1 Å². The normalized spacial score (nSPS) is 23.4. The third-order valence-corrected chi connectivity index (χ3v) is 6.31. The van der Waals surface area contributed by atoms with Crippen LogP contribution in [-0.4, -0.2) is 29.9 Å². The Balaban J connectivity index is 0.000000568. The van der Waals surface area contributed by atoms with Crippen LogP contribution in [0.4, 0.5) is 0 Å². The van der Waals surface area contributed by atoms with Gasteiger partial charge in [0, 0.05) is 41.6 Å². The summed E-state index contributed by atoms with van der Waals surface area (Å²) in [6, 6.07) is 6.12. The van der Waals surface area contributed by atoms with Crippen molar-refractivity contribution in [2.75, 3.05) is 13.1 Å². The average Bonchev–Trinajstić information content (AvgIpc) is 3.12. The summed E-state index contributed by atoms with van der Waals surface area (Å²) in [5.41, 5.74) is 8.21. The Morgan fingerprint density at radius 3 is 2.31 bits per heavy atom. The number of nitrogens with zero attached hydrogens (tertiary/aromatic N) is 1. The second-order valence-electron chi connectivity index (χ2n) is 8.95. The number of fused-ring (bicyclic) bond motifs is 6. The van der Waals surface area contributed by atoms with E-state index in [2.05, 4.69) is 39.5 Å². The minimum absolute atomic E-state index is 0.378. The Morgan fingerprint density at radius 1 is 1.16 bits per heavy atom. The molecule has 0 spiro atoms. The van der Waals surface area contributed by atoms with Gasteiger partial charge in [0.15, 0.2) is 0 Å². The molecule has 2 N–H and O–H groups in total. The molecule has 3 heterocycles. The molecular formula is C28H48N2O2. The van der Waals surface area contributed by atoms with E-state index in [4.69, 9.17) is 10.2 Å². The lowest BCUT2D eigenvalue weighted by atomic mass is 9.78. The number of benzene rings is 1. The molecule has 4 nitrogen and oxygen atoms in total. The topological polar surface area (TPSA) is 59.5 Å². The van der Waals surface area contributed by atoms with E-state index in [0.717, 1.165) is 29.7 Å². The minimum atomic E-state index is -0.378. The van der Waals surface area contributed by atoms with E-state index in [1.54, 1.807) is 6.07 Å². The molecule has 0 saturated carbocycles. The van der Waals surface area contributed by atoms with Crippen LogP contribution >= 0.6 is 0 Å². The molecule has 1 saturated heterocycles. The Kier molecular flexibility index (Phi) is 12.1. The monoisotopic (exact) mass is 444 g/mol. The second-order valence-corrected chi connectivity index (χ2v) is 8.95. The van der Waals surface area contributed by atoms with Crippen LogP contribution in [0.3, 0.4) is 0 Å². The first kappa shape index (κ1) is 28.2. The van der Waals surface area contributed by atoms with Crippen LogP contribution in [-0.2, 0) is 6.42 Å². The first-order chi connectivity index (χ1) is 15.4. The molecule has 4 rings (SSSR count). The number of nitrogens with two attached hydrogens (primary N) is 1. The molecule has 1 aromatic carbocycles. The number of carbonyl (C=O) groups excluding carboxylic acids is 1. The summed E-state index contributed by atoms with van der Waals surface area (Å²) in [6.45, 7) is 21.6. The molecule has 1 aromatic heterocycles. The van der Waals surface area contributed by atoms with Gasteiger partial charge in [0.1, 0.15) is 11.3 Å². The van der Waals surface area contributed by atoms with E-state index in [1.807, 2.05) is 39.8 Å². The summed E-state index contributed by atoms with van der Waals surface area (Å²) in [5, 5.41) is 1.07. The molecule has 2 bridgehead atoms. The van der Waals surface area contributed by atoms with Crippen molar-refractivity contribution in [3.63, 3.8) is 0 Å². The van der Waals surface area contributed by atoms with Crippen LogP contribution in [0.25, 0.3) is 11.0 Å². The minimum Gasteiger partial charge on any atom is -0.460 e. The number of hydrogen-bond donors (Lipinski definition) is 1. The molecule has 4 heteroatoms. The van der Waals surface area contributed by atoms with Gasteiger partial charge in [-0.3, -0.25) is 9.69 Å². The van der Waals surface area contributed by atoms with E-state index in [0.29, 0.717) is 29.4 Å². The smallest absolute Gasteiger partial charge is 0.248 e. The number of primary amides is 1. The lowest BCUT2D eigenvalue weighted by Gasteiger charge is -2.44. The van der Waals surface area contributed by atoms with Crippen molar-refractivity contribution in [2.45, 2.75) is 100.0 Å². The molecule has 182 valence electrons. The lowest BCUT2D eigenvalue weighted by Crippen LogP contribution is -2.49. The van der Waals surface area contributed by atoms with Crippen LogP contribution in [0.15, 0.2) is 22.6 Å². The maximum atomic E-state index is 11.6. The molecular weight excluding hydrogens is 396 g/mol. The average molecular weight is 445 g/mol. The van der Waals surface area contributed by atoms with Crippen molar-refractivity contribution in [1.82, 2.24) is 4.90 Å². The highest BCUT2D eigenvalue weighted by Gasteiger charge is 2.42. The van der Waals surface area contributed by atoms with Crippen LogP contribution in [0.1, 0.15) is 109 Å². The van der Waals surface area contributed by atoms with Gasteiger partial charge in [-0.15, -0.1) is 0 Å². The number of furan rings is 1. The van der Waals surface area contributed by atoms with Crippen molar-refractivity contribution < 1.29 is 9.21 Å². The van der Waals surface area contributed by atoms with Crippen LogP contribution in [0, 0.1) is 11.8 Å². The molecule has 2 aromatic rings. The molecule has 2 aliphatic heterocycles. The van der Waals surface area contributed by atoms with Gasteiger partial charge in [-0.05, 0) is 42.9 Å². The van der Waals surface area contributed by atoms with Crippen LogP contribution < -0.4 is 5.73 Å². The maximum absolute atomic E-state index is 11.6. The van der Waals surface area contributed by atoms with Gasteiger partial charge in [0.2, 0.25) is 5.91 Å². The fourth-order valence-electron chi connectivity index (χ4n) is 4.95. The highest BCUT2D eigenvalue weighted by atomic mass is 16.3. The molecule has 0 aliphatic carbocycles. The molecule has 0 radical (unpaired) electrons. The highest BCUT2D eigenvalue weighted by molar-refractivity contribution is 5.97. The van der Waals surface area contributed by atoms with Crippen molar-refractivity contribution in [1.29, 1.82) is 0 Å². The number of unbranched alkanes of at least 4 members (excludes halogenated alkanes) is 1. The Bertz CT molecular complexity index is 822. The Morgan fingerprint density at radius 2 is 1.78 bits per heavy atom. The molecule has 32 heavy (non-hydrogen) atoms. The summed E-state index contributed by atoms with van der Waals surface area (Å²) in [7, 11) is 0. The van der Waals surface area contributed by atoms with E-state index in [9.17, 15) is 4.79 Å². The Labute approximate surface area is 196 Å². The van der Waals surface area contributed by atoms with Gasteiger partial charge in [-0.2, -0.15) is 0 Å². The van der Waals surface area contributed by atoms with Crippen molar-refractivity contribution in [3.8, 4) is 0 Å². The van der Waals surface area contributed by atoms with Crippen LogP contribution in [0.2, 0.25) is 0 Å². The molecule has 4 unspecified atom stereocenters. The first-order valence-corrected chi connectivity index (χ1v) is 13.0. The zero-order valence-corrected chi connectivity index (χ0v) is 22.1. The maximum Gasteiger partial charge on any atom is 0.248 e. The first-order valence-electron chi connectivity index (χ1n) is 13.0. The second kappa shape index (κ2) is 13.7. The number of piperidine rings is 1. The fourth-order valence-corrected chi connectivity index (χ4v) is 4.95. The summed E-state index contributed by atoms with van der Waals surface area (Å²) < 4.78 is 6.34. The highest BCUT2D eigenvalue weighted by Crippen LogP contribution is 2.45. The van der Waals surface area contributed by atoms with Crippen LogP contribution in [0.5, 0.6) is 0 Å². The van der Waals surface area contributed by atoms with Gasteiger partial charge in [-0.25, -0.2) is 0 Å². The third-order valence-electron chi connectivity index (χ3n) is 6.31. The predicted molar refractivity (Wildman–Crippen MR) is 138 cm³/mol. The van der Waals surface area contributed by atoms with Gasteiger partial charge in [0.25, 0.3) is 0 Å². The number of amides is 1. The number of rotatable bonds is 3. The van der Waals surface area contributed by atoms with E-state index in [-0.39, 0.29) is 5.91 Å².